The minimum Gasteiger partial charge on any atom is -0.453 e. The molecule has 9 nitrogen and oxygen atoms in total. The zero-order valence-corrected chi connectivity index (χ0v) is 20.1. The maximum atomic E-state index is 13.9. The van der Waals surface area contributed by atoms with Crippen molar-refractivity contribution < 1.29 is 14.3 Å². The van der Waals surface area contributed by atoms with Crippen LogP contribution in [0.2, 0.25) is 0 Å². The molecule has 35 heavy (non-hydrogen) atoms. The Balaban J connectivity index is 1.88. The first-order valence-electron chi connectivity index (χ1n) is 11.8. The van der Waals surface area contributed by atoms with Gasteiger partial charge in [-0.25, -0.2) is 9.59 Å². The summed E-state index contributed by atoms with van der Waals surface area (Å²) in [4.78, 5) is 41.1. The van der Waals surface area contributed by atoms with Crippen LogP contribution in [0.1, 0.15) is 22.5 Å². The van der Waals surface area contributed by atoms with Crippen LogP contribution in [0.5, 0.6) is 0 Å². The molecular formula is C26H31N5O4. The summed E-state index contributed by atoms with van der Waals surface area (Å²) in [6.07, 6.45) is -0.0695. The van der Waals surface area contributed by atoms with E-state index in [0.29, 0.717) is 50.5 Å². The van der Waals surface area contributed by atoms with Crippen molar-refractivity contribution in [1.29, 1.82) is 0 Å². The maximum Gasteiger partial charge on any atom is 0.406 e. The first-order valence-corrected chi connectivity index (χ1v) is 11.8. The van der Waals surface area contributed by atoms with Crippen LogP contribution in [0.3, 0.4) is 0 Å². The summed E-state index contributed by atoms with van der Waals surface area (Å²) in [6, 6.07) is 17.2. The number of para-hydroxylation sites is 1. The molecule has 0 radical (unpaired) electrons. The number of hydrogen-bond donors (Lipinski definition) is 2. The van der Waals surface area contributed by atoms with Crippen LogP contribution < -0.4 is 16.3 Å². The molecule has 0 bridgehead atoms. The van der Waals surface area contributed by atoms with E-state index >= 15 is 0 Å². The number of aryl methyl sites for hydroxylation is 1. The number of carbonyl (C=O) groups is 2. The summed E-state index contributed by atoms with van der Waals surface area (Å²) in [6.45, 7) is 5.09. The Morgan fingerprint density at radius 1 is 1.03 bits per heavy atom. The lowest BCUT2D eigenvalue weighted by Crippen LogP contribution is -2.47. The van der Waals surface area contributed by atoms with E-state index in [2.05, 4.69) is 15.4 Å². The van der Waals surface area contributed by atoms with Crippen LogP contribution >= 0.6 is 0 Å². The number of methoxy groups -OCH3 is 1. The normalized spacial score (nSPS) is 13.5. The predicted molar refractivity (Wildman–Crippen MR) is 134 cm³/mol. The molecule has 4 rings (SSSR count). The minimum absolute atomic E-state index is 0.171. The SMILES string of the molecule is COC(=O)NCCCn1c(C(=O)N2CCNCC2)c(-c2ccccc2)n(-c2ccccc2C)c1=O. The van der Waals surface area contributed by atoms with Gasteiger partial charge in [-0.3, -0.25) is 13.9 Å². The summed E-state index contributed by atoms with van der Waals surface area (Å²) >= 11 is 0. The van der Waals surface area contributed by atoms with Gasteiger partial charge in [0.15, 0.2) is 0 Å². The molecule has 184 valence electrons. The average molecular weight is 478 g/mol. The van der Waals surface area contributed by atoms with E-state index in [-0.39, 0.29) is 18.1 Å². The van der Waals surface area contributed by atoms with Gasteiger partial charge >= 0.3 is 11.8 Å². The third-order valence-electron chi connectivity index (χ3n) is 6.16. The van der Waals surface area contributed by atoms with Gasteiger partial charge in [-0.1, -0.05) is 48.5 Å². The third-order valence-corrected chi connectivity index (χ3v) is 6.16. The molecular weight excluding hydrogens is 446 g/mol. The number of hydrogen-bond acceptors (Lipinski definition) is 5. The van der Waals surface area contributed by atoms with Crippen molar-refractivity contribution in [3.05, 3.63) is 76.3 Å². The van der Waals surface area contributed by atoms with Crippen molar-refractivity contribution >= 4 is 12.0 Å². The maximum absolute atomic E-state index is 13.9. The molecule has 9 heteroatoms. The van der Waals surface area contributed by atoms with Gasteiger partial charge in [0.2, 0.25) is 0 Å². The predicted octanol–water partition coefficient (Wildman–Crippen LogP) is 2.41. The molecule has 1 saturated heterocycles. The summed E-state index contributed by atoms with van der Waals surface area (Å²) in [5.74, 6) is -0.171. The summed E-state index contributed by atoms with van der Waals surface area (Å²) in [5.41, 5.74) is 3.11. The Kier molecular flexibility index (Phi) is 7.67. The van der Waals surface area contributed by atoms with Crippen LogP contribution in [0.15, 0.2) is 59.4 Å². The van der Waals surface area contributed by atoms with Gasteiger partial charge in [-0.05, 0) is 25.0 Å². The Hall–Kier alpha value is -3.85. The molecule has 1 aromatic heterocycles. The van der Waals surface area contributed by atoms with E-state index < -0.39 is 6.09 Å². The number of benzene rings is 2. The van der Waals surface area contributed by atoms with Crippen LogP contribution in [0.4, 0.5) is 4.79 Å². The van der Waals surface area contributed by atoms with Crippen LogP contribution in [-0.4, -0.2) is 65.9 Å². The van der Waals surface area contributed by atoms with Gasteiger partial charge in [-0.15, -0.1) is 0 Å². The number of ether oxygens (including phenoxy) is 1. The summed E-state index contributed by atoms with van der Waals surface area (Å²) in [7, 11) is 1.30. The van der Waals surface area contributed by atoms with Gasteiger partial charge < -0.3 is 20.3 Å². The van der Waals surface area contributed by atoms with Crippen LogP contribution in [0.25, 0.3) is 16.9 Å². The highest BCUT2D eigenvalue weighted by atomic mass is 16.5. The smallest absolute Gasteiger partial charge is 0.406 e. The number of amides is 2. The molecule has 1 fully saturated rings. The lowest BCUT2D eigenvalue weighted by molar-refractivity contribution is 0.0725. The first kappa shape index (κ1) is 24.3. The monoisotopic (exact) mass is 477 g/mol. The number of rotatable bonds is 7. The second-order valence-corrected chi connectivity index (χ2v) is 8.43. The minimum atomic E-state index is -0.531. The second kappa shape index (κ2) is 11.1. The average Bonchev–Trinajstić information content (AvgIpc) is 3.19. The highest BCUT2D eigenvalue weighted by Gasteiger charge is 2.30. The fourth-order valence-corrected chi connectivity index (χ4v) is 4.39. The van der Waals surface area contributed by atoms with Crippen molar-refractivity contribution in [2.45, 2.75) is 19.9 Å². The number of alkyl carbamates (subject to hydrolysis) is 1. The van der Waals surface area contributed by atoms with Crippen molar-refractivity contribution in [1.82, 2.24) is 24.7 Å². The molecule has 1 aliphatic rings. The molecule has 2 heterocycles. The molecule has 1 aliphatic heterocycles. The van der Waals surface area contributed by atoms with E-state index in [4.69, 9.17) is 0 Å². The highest BCUT2D eigenvalue weighted by Crippen LogP contribution is 2.28. The van der Waals surface area contributed by atoms with E-state index in [0.717, 1.165) is 16.8 Å². The molecule has 3 aromatic rings. The van der Waals surface area contributed by atoms with Gasteiger partial charge in [0.05, 0.1) is 18.5 Å². The zero-order chi connectivity index (χ0) is 24.8. The second-order valence-electron chi connectivity index (χ2n) is 8.43. The van der Waals surface area contributed by atoms with Gasteiger partial charge in [-0.2, -0.15) is 0 Å². The van der Waals surface area contributed by atoms with E-state index in [9.17, 15) is 14.4 Å². The van der Waals surface area contributed by atoms with E-state index in [1.54, 1.807) is 14.0 Å². The number of piperazine rings is 1. The van der Waals surface area contributed by atoms with Crippen LogP contribution in [0, 0.1) is 6.92 Å². The lowest BCUT2D eigenvalue weighted by atomic mass is 10.1. The van der Waals surface area contributed by atoms with E-state index in [1.165, 1.54) is 7.11 Å². The molecule has 2 N–H and O–H groups in total. The number of carbonyl (C=O) groups excluding carboxylic acids is 2. The number of nitrogens with one attached hydrogen (secondary N) is 2. The molecule has 0 saturated carbocycles. The van der Waals surface area contributed by atoms with Crippen molar-refractivity contribution in [2.24, 2.45) is 0 Å². The molecule has 0 aliphatic carbocycles. The Labute approximate surface area is 204 Å². The number of aromatic nitrogens is 2. The Bertz CT molecular complexity index is 1240. The van der Waals surface area contributed by atoms with Gasteiger partial charge in [0.25, 0.3) is 5.91 Å². The number of imidazole rings is 1. The molecule has 0 unspecified atom stereocenters. The molecule has 2 aromatic carbocycles. The number of nitrogens with zero attached hydrogens (tertiary/aromatic N) is 3. The molecule has 0 spiro atoms. The highest BCUT2D eigenvalue weighted by molar-refractivity contribution is 5.99. The fraction of sp³-hybridized carbons (Fsp3) is 0.346. The van der Waals surface area contributed by atoms with Gasteiger partial charge in [0.1, 0.15) is 5.69 Å². The first-order chi connectivity index (χ1) is 17.0. The van der Waals surface area contributed by atoms with Crippen molar-refractivity contribution in [3.63, 3.8) is 0 Å². The van der Waals surface area contributed by atoms with Gasteiger partial charge in [0, 0.05) is 44.8 Å². The quantitative estimate of drug-likeness (QED) is 0.510. The zero-order valence-electron chi connectivity index (χ0n) is 20.1. The van der Waals surface area contributed by atoms with E-state index in [1.807, 2.05) is 61.5 Å². The summed E-state index contributed by atoms with van der Waals surface area (Å²) < 4.78 is 7.83. The van der Waals surface area contributed by atoms with Crippen molar-refractivity contribution in [3.8, 4) is 16.9 Å². The summed E-state index contributed by atoms with van der Waals surface area (Å²) in [5, 5.41) is 5.91. The van der Waals surface area contributed by atoms with Crippen molar-refractivity contribution in [2.75, 3.05) is 39.8 Å². The third kappa shape index (κ3) is 5.14. The Morgan fingerprint density at radius 2 is 1.71 bits per heavy atom. The topological polar surface area (TPSA) is 97.6 Å². The molecule has 2 amide bonds. The largest absolute Gasteiger partial charge is 0.453 e. The Morgan fingerprint density at radius 3 is 2.40 bits per heavy atom. The standard InChI is InChI=1S/C26H31N5O4/c1-19-9-6-7-12-21(19)31-22(20-10-4-3-5-11-20)23(24(32)29-17-14-27-15-18-29)30(26(31)34)16-8-13-28-25(33)35-2/h3-7,9-12,27H,8,13-18H2,1-2H3,(H,28,33). The fourth-order valence-electron chi connectivity index (χ4n) is 4.39. The molecule has 0 atom stereocenters. The lowest BCUT2D eigenvalue weighted by Gasteiger charge is -2.28. The van der Waals surface area contributed by atoms with Crippen LogP contribution in [-0.2, 0) is 11.3 Å².